The van der Waals surface area contributed by atoms with E-state index < -0.39 is 0 Å². The first kappa shape index (κ1) is 10.7. The van der Waals surface area contributed by atoms with Gasteiger partial charge in [-0.15, -0.1) is 0 Å². The summed E-state index contributed by atoms with van der Waals surface area (Å²) in [5.41, 5.74) is 0. The lowest BCUT2D eigenvalue weighted by molar-refractivity contribution is 0.117. The largest absolute Gasteiger partial charge is 0.372 e. The number of dihydropyridines is 1. The molecule has 2 aliphatic heterocycles. The Bertz CT molecular complexity index is 250. The normalized spacial score (nSPS) is 28.3. The number of hydrogen-bond donors (Lipinski definition) is 1. The first-order valence-electron chi connectivity index (χ1n) is 5.77. The standard InChI is InChI=1S/C12H21N3/c1-14(2)11-6-9-15(10-7-11)12-5-3-4-8-13-12/h3-5,8,11-13H,6-7,9-10H2,1-2H3. The van der Waals surface area contributed by atoms with Crippen LogP contribution in [-0.4, -0.2) is 49.2 Å². The minimum atomic E-state index is 0.415. The van der Waals surface area contributed by atoms with Gasteiger partial charge in [0.15, 0.2) is 0 Å². The lowest BCUT2D eigenvalue weighted by atomic mass is 10.0. The number of piperidine rings is 1. The lowest BCUT2D eigenvalue weighted by Gasteiger charge is -2.39. The second-order valence-electron chi connectivity index (χ2n) is 4.59. The van der Waals surface area contributed by atoms with Crippen molar-refractivity contribution in [3.63, 3.8) is 0 Å². The Balaban J connectivity index is 1.83. The molecule has 0 aromatic carbocycles. The van der Waals surface area contributed by atoms with Crippen molar-refractivity contribution in [2.75, 3.05) is 27.2 Å². The van der Waals surface area contributed by atoms with Crippen molar-refractivity contribution in [1.82, 2.24) is 15.1 Å². The maximum atomic E-state index is 3.38. The third-order valence-electron chi connectivity index (χ3n) is 3.39. The summed E-state index contributed by atoms with van der Waals surface area (Å²) in [7, 11) is 4.36. The Kier molecular flexibility index (Phi) is 3.44. The van der Waals surface area contributed by atoms with Crippen molar-refractivity contribution in [3.8, 4) is 0 Å². The monoisotopic (exact) mass is 207 g/mol. The van der Waals surface area contributed by atoms with E-state index >= 15 is 0 Å². The number of likely N-dealkylation sites (tertiary alicyclic amines) is 1. The quantitative estimate of drug-likeness (QED) is 0.729. The molecule has 0 aromatic rings. The number of hydrogen-bond acceptors (Lipinski definition) is 3. The van der Waals surface area contributed by atoms with E-state index in [2.05, 4.69) is 41.4 Å². The molecule has 3 heteroatoms. The minimum absolute atomic E-state index is 0.415. The van der Waals surface area contributed by atoms with Gasteiger partial charge in [0.1, 0.15) is 0 Å². The maximum absolute atomic E-state index is 3.38. The highest BCUT2D eigenvalue weighted by Crippen LogP contribution is 2.16. The zero-order valence-corrected chi connectivity index (χ0v) is 9.69. The van der Waals surface area contributed by atoms with Crippen molar-refractivity contribution in [3.05, 3.63) is 24.4 Å². The van der Waals surface area contributed by atoms with Crippen LogP contribution in [0.5, 0.6) is 0 Å². The fraction of sp³-hybridized carbons (Fsp3) is 0.667. The fourth-order valence-corrected chi connectivity index (χ4v) is 2.34. The van der Waals surface area contributed by atoms with E-state index in [1.165, 1.54) is 25.9 Å². The molecule has 0 saturated carbocycles. The molecule has 2 aliphatic rings. The molecular weight excluding hydrogens is 186 g/mol. The Morgan fingerprint density at radius 3 is 2.47 bits per heavy atom. The van der Waals surface area contributed by atoms with Crippen LogP contribution < -0.4 is 5.32 Å². The molecule has 0 aromatic heterocycles. The summed E-state index contributed by atoms with van der Waals surface area (Å²) in [4.78, 5) is 4.86. The van der Waals surface area contributed by atoms with Gasteiger partial charge in [-0.05, 0) is 45.3 Å². The van der Waals surface area contributed by atoms with Crippen LogP contribution in [0.1, 0.15) is 12.8 Å². The van der Waals surface area contributed by atoms with Crippen LogP contribution in [0, 0.1) is 0 Å². The van der Waals surface area contributed by atoms with E-state index in [-0.39, 0.29) is 0 Å². The van der Waals surface area contributed by atoms with Gasteiger partial charge in [0.2, 0.25) is 0 Å². The van der Waals surface area contributed by atoms with Gasteiger partial charge >= 0.3 is 0 Å². The van der Waals surface area contributed by atoms with Crippen LogP contribution >= 0.6 is 0 Å². The van der Waals surface area contributed by atoms with Crippen LogP contribution in [-0.2, 0) is 0 Å². The smallest absolute Gasteiger partial charge is 0.0984 e. The molecular formula is C12H21N3. The SMILES string of the molecule is CN(C)C1CCN(C2C=CC=CN2)CC1. The zero-order chi connectivity index (χ0) is 10.7. The van der Waals surface area contributed by atoms with Gasteiger partial charge in [-0.2, -0.15) is 0 Å². The zero-order valence-electron chi connectivity index (χ0n) is 9.69. The Morgan fingerprint density at radius 2 is 1.93 bits per heavy atom. The van der Waals surface area contributed by atoms with Gasteiger partial charge in [-0.25, -0.2) is 0 Å². The van der Waals surface area contributed by atoms with Crippen molar-refractivity contribution >= 4 is 0 Å². The van der Waals surface area contributed by atoms with Crippen molar-refractivity contribution in [2.45, 2.75) is 25.0 Å². The maximum Gasteiger partial charge on any atom is 0.0984 e. The van der Waals surface area contributed by atoms with Gasteiger partial charge in [0.05, 0.1) is 6.17 Å². The molecule has 1 N–H and O–H groups in total. The minimum Gasteiger partial charge on any atom is -0.372 e. The summed E-state index contributed by atoms with van der Waals surface area (Å²) in [6, 6.07) is 0.768. The van der Waals surface area contributed by atoms with Crippen LogP contribution in [0.4, 0.5) is 0 Å². The predicted molar refractivity (Wildman–Crippen MR) is 63.5 cm³/mol. The van der Waals surface area contributed by atoms with Gasteiger partial charge in [0, 0.05) is 19.1 Å². The van der Waals surface area contributed by atoms with Crippen molar-refractivity contribution < 1.29 is 0 Å². The highest BCUT2D eigenvalue weighted by molar-refractivity contribution is 5.11. The molecule has 1 unspecified atom stereocenters. The number of rotatable bonds is 2. The molecule has 0 amide bonds. The van der Waals surface area contributed by atoms with Crippen LogP contribution in [0.15, 0.2) is 24.4 Å². The second-order valence-corrected chi connectivity index (χ2v) is 4.59. The average molecular weight is 207 g/mol. The summed E-state index contributed by atoms with van der Waals surface area (Å²) in [5, 5.41) is 3.38. The van der Waals surface area contributed by atoms with E-state index in [0.717, 1.165) is 6.04 Å². The van der Waals surface area contributed by atoms with Crippen LogP contribution in [0.25, 0.3) is 0 Å². The Morgan fingerprint density at radius 1 is 1.20 bits per heavy atom. The third-order valence-corrected chi connectivity index (χ3v) is 3.39. The average Bonchev–Trinajstić information content (AvgIpc) is 2.30. The number of nitrogens with zero attached hydrogens (tertiary/aromatic N) is 2. The summed E-state index contributed by atoms with van der Waals surface area (Å²) >= 11 is 0. The first-order valence-corrected chi connectivity index (χ1v) is 5.77. The third kappa shape index (κ3) is 2.61. The fourth-order valence-electron chi connectivity index (χ4n) is 2.34. The number of allylic oxidation sites excluding steroid dienone is 2. The summed E-state index contributed by atoms with van der Waals surface area (Å²) < 4.78 is 0. The van der Waals surface area contributed by atoms with Crippen molar-refractivity contribution in [2.24, 2.45) is 0 Å². The predicted octanol–water partition coefficient (Wildman–Crippen LogP) is 1.01. The molecule has 0 radical (unpaired) electrons. The second kappa shape index (κ2) is 4.81. The molecule has 0 bridgehead atoms. The Labute approximate surface area is 92.4 Å². The molecule has 2 heterocycles. The highest BCUT2D eigenvalue weighted by atomic mass is 15.3. The van der Waals surface area contributed by atoms with E-state index in [9.17, 15) is 0 Å². The molecule has 0 aliphatic carbocycles. The van der Waals surface area contributed by atoms with Gasteiger partial charge in [-0.1, -0.05) is 6.08 Å². The molecule has 15 heavy (non-hydrogen) atoms. The summed E-state index contributed by atoms with van der Waals surface area (Å²) in [5.74, 6) is 0. The first-order chi connectivity index (χ1) is 7.27. The van der Waals surface area contributed by atoms with Gasteiger partial charge in [-0.3, -0.25) is 4.90 Å². The van der Waals surface area contributed by atoms with E-state index in [1.54, 1.807) is 0 Å². The molecule has 1 fully saturated rings. The highest BCUT2D eigenvalue weighted by Gasteiger charge is 2.24. The lowest BCUT2D eigenvalue weighted by Crippen LogP contribution is -2.50. The van der Waals surface area contributed by atoms with Gasteiger partial charge < -0.3 is 10.2 Å². The molecule has 3 nitrogen and oxygen atoms in total. The summed E-state index contributed by atoms with van der Waals surface area (Å²) in [6.45, 7) is 2.39. The molecule has 84 valence electrons. The number of nitrogens with one attached hydrogen (secondary N) is 1. The Hall–Kier alpha value is -0.800. The molecule has 2 rings (SSSR count). The molecule has 0 spiro atoms. The van der Waals surface area contributed by atoms with E-state index in [4.69, 9.17) is 0 Å². The molecule has 1 atom stereocenters. The van der Waals surface area contributed by atoms with E-state index in [0.29, 0.717) is 6.17 Å². The van der Waals surface area contributed by atoms with Gasteiger partial charge in [0.25, 0.3) is 0 Å². The van der Waals surface area contributed by atoms with Crippen LogP contribution in [0.2, 0.25) is 0 Å². The topological polar surface area (TPSA) is 18.5 Å². The summed E-state index contributed by atoms with van der Waals surface area (Å²) in [6.07, 6.45) is 11.4. The molecule has 1 saturated heterocycles. The van der Waals surface area contributed by atoms with Crippen molar-refractivity contribution in [1.29, 1.82) is 0 Å². The van der Waals surface area contributed by atoms with Crippen LogP contribution in [0.3, 0.4) is 0 Å². The van der Waals surface area contributed by atoms with E-state index in [1.807, 2.05) is 12.3 Å².